The van der Waals surface area contributed by atoms with E-state index in [-0.39, 0.29) is 17.6 Å². The number of aliphatic hydroxyl groups is 1. The lowest BCUT2D eigenvalue weighted by molar-refractivity contribution is -0.135. The number of rotatable bonds is 3. The van der Waals surface area contributed by atoms with Crippen molar-refractivity contribution in [3.05, 3.63) is 48.2 Å². The van der Waals surface area contributed by atoms with Crippen LogP contribution >= 0.6 is 0 Å². The van der Waals surface area contributed by atoms with E-state index in [9.17, 15) is 9.18 Å². The summed E-state index contributed by atoms with van der Waals surface area (Å²) in [7, 11) is 0. The lowest BCUT2D eigenvalue weighted by Crippen LogP contribution is -2.40. The van der Waals surface area contributed by atoms with Crippen LogP contribution < -0.4 is 0 Å². The summed E-state index contributed by atoms with van der Waals surface area (Å²) in [5.41, 5.74) is 2.34. The molecule has 0 spiro atoms. The molecular weight excluding hydrogens is 297 g/mol. The molecule has 1 saturated heterocycles. The predicted molar refractivity (Wildman–Crippen MR) is 83.1 cm³/mol. The molecule has 0 radical (unpaired) electrons. The van der Waals surface area contributed by atoms with Gasteiger partial charge in [-0.15, -0.1) is 0 Å². The van der Waals surface area contributed by atoms with Crippen LogP contribution in [-0.4, -0.2) is 45.6 Å². The first kappa shape index (κ1) is 15.6. The molecule has 2 heterocycles. The Morgan fingerprint density at radius 3 is 2.74 bits per heavy atom. The second kappa shape index (κ2) is 6.83. The lowest BCUT2D eigenvalue weighted by Gasteiger charge is -2.32. The highest BCUT2D eigenvalue weighted by molar-refractivity contribution is 5.77. The van der Waals surface area contributed by atoms with E-state index in [0.717, 1.165) is 29.8 Å². The molecule has 23 heavy (non-hydrogen) atoms. The second-order valence-electron chi connectivity index (χ2n) is 5.63. The number of benzene rings is 1. The van der Waals surface area contributed by atoms with Crippen LogP contribution in [0.15, 0.2) is 36.7 Å². The van der Waals surface area contributed by atoms with E-state index in [2.05, 4.69) is 9.97 Å². The molecule has 0 saturated carbocycles. The van der Waals surface area contributed by atoms with Gasteiger partial charge in [-0.2, -0.15) is 0 Å². The monoisotopic (exact) mass is 315 g/mol. The molecule has 1 aliphatic heterocycles. The quantitative estimate of drug-likeness (QED) is 0.940. The summed E-state index contributed by atoms with van der Waals surface area (Å²) in [5, 5.41) is 9.05. The summed E-state index contributed by atoms with van der Waals surface area (Å²) in [5.74, 6) is -0.494. The van der Waals surface area contributed by atoms with Crippen molar-refractivity contribution in [2.45, 2.75) is 18.8 Å². The normalized spacial score (nSPS) is 18.0. The van der Waals surface area contributed by atoms with Crippen LogP contribution in [0.25, 0.3) is 11.3 Å². The van der Waals surface area contributed by atoms with E-state index in [4.69, 9.17) is 5.11 Å². The van der Waals surface area contributed by atoms with Crippen molar-refractivity contribution in [3.8, 4) is 11.3 Å². The van der Waals surface area contributed by atoms with Crippen molar-refractivity contribution < 1.29 is 14.3 Å². The number of aromatic nitrogens is 2. The number of piperidine rings is 1. The highest BCUT2D eigenvalue weighted by Gasteiger charge is 2.27. The second-order valence-corrected chi connectivity index (χ2v) is 5.63. The SMILES string of the molecule is O=C(CO)N1CCC[C@H](c2nccnc2-c2ccc(F)cc2)C1. The van der Waals surface area contributed by atoms with Gasteiger partial charge >= 0.3 is 0 Å². The number of hydrogen-bond donors (Lipinski definition) is 1. The van der Waals surface area contributed by atoms with Gasteiger partial charge in [-0.1, -0.05) is 0 Å². The zero-order valence-corrected chi connectivity index (χ0v) is 12.7. The van der Waals surface area contributed by atoms with Crippen molar-refractivity contribution in [2.24, 2.45) is 0 Å². The predicted octanol–water partition coefficient (Wildman–Crippen LogP) is 1.98. The highest BCUT2D eigenvalue weighted by atomic mass is 19.1. The van der Waals surface area contributed by atoms with Gasteiger partial charge in [-0.25, -0.2) is 4.39 Å². The number of hydrogen-bond acceptors (Lipinski definition) is 4. The first-order valence-electron chi connectivity index (χ1n) is 7.64. The average Bonchev–Trinajstić information content (AvgIpc) is 2.62. The molecule has 5 nitrogen and oxygen atoms in total. The largest absolute Gasteiger partial charge is 0.387 e. The van der Waals surface area contributed by atoms with Crippen LogP contribution in [0, 0.1) is 5.82 Å². The zero-order valence-electron chi connectivity index (χ0n) is 12.7. The standard InChI is InChI=1S/C17H18FN3O2/c18-14-5-3-12(4-6-14)16-17(20-8-7-19-16)13-2-1-9-21(10-13)15(23)11-22/h3-8,13,22H,1-2,9-11H2/t13-/m0/s1. The molecule has 0 unspecified atom stereocenters. The molecule has 1 aromatic heterocycles. The van der Waals surface area contributed by atoms with Gasteiger partial charge in [0.2, 0.25) is 5.91 Å². The van der Waals surface area contributed by atoms with Crippen molar-refractivity contribution in [1.82, 2.24) is 14.9 Å². The van der Waals surface area contributed by atoms with Crippen LogP contribution in [0.4, 0.5) is 4.39 Å². The Bertz CT molecular complexity index is 690. The number of amides is 1. The van der Waals surface area contributed by atoms with Gasteiger partial charge in [-0.3, -0.25) is 14.8 Å². The Balaban J connectivity index is 1.91. The third-order valence-electron chi connectivity index (χ3n) is 4.14. The fraction of sp³-hybridized carbons (Fsp3) is 0.353. The number of halogens is 1. The van der Waals surface area contributed by atoms with Crippen LogP contribution in [0.1, 0.15) is 24.5 Å². The molecule has 1 atom stereocenters. The summed E-state index contributed by atoms with van der Waals surface area (Å²) >= 11 is 0. The zero-order chi connectivity index (χ0) is 16.2. The third kappa shape index (κ3) is 3.37. The van der Waals surface area contributed by atoms with E-state index in [0.29, 0.717) is 13.1 Å². The molecule has 0 aliphatic carbocycles. The Labute approximate surface area is 133 Å². The molecule has 3 rings (SSSR count). The van der Waals surface area contributed by atoms with Crippen LogP contribution in [-0.2, 0) is 4.79 Å². The van der Waals surface area contributed by atoms with Gasteiger partial charge in [0.25, 0.3) is 0 Å². The molecule has 2 aromatic rings. The first-order chi connectivity index (χ1) is 11.2. The highest BCUT2D eigenvalue weighted by Crippen LogP contribution is 2.31. The molecule has 1 fully saturated rings. The first-order valence-corrected chi connectivity index (χ1v) is 7.64. The summed E-state index contributed by atoms with van der Waals surface area (Å²) in [6.07, 6.45) is 5.01. The van der Waals surface area contributed by atoms with Crippen molar-refractivity contribution in [2.75, 3.05) is 19.7 Å². The van der Waals surface area contributed by atoms with Crippen molar-refractivity contribution in [3.63, 3.8) is 0 Å². The number of carbonyl (C=O) groups excluding carboxylic acids is 1. The number of carbonyl (C=O) groups is 1. The molecule has 1 N–H and O–H groups in total. The minimum atomic E-state index is -0.474. The van der Waals surface area contributed by atoms with E-state index in [1.165, 1.54) is 12.1 Å². The minimum Gasteiger partial charge on any atom is -0.387 e. The topological polar surface area (TPSA) is 66.3 Å². The Kier molecular flexibility index (Phi) is 4.62. The number of nitrogens with zero attached hydrogens (tertiary/aromatic N) is 3. The molecule has 1 aliphatic rings. The van der Waals surface area contributed by atoms with Gasteiger partial charge < -0.3 is 10.0 Å². The van der Waals surface area contributed by atoms with Crippen molar-refractivity contribution in [1.29, 1.82) is 0 Å². The van der Waals surface area contributed by atoms with Gasteiger partial charge in [0, 0.05) is 37.0 Å². The Morgan fingerprint density at radius 1 is 1.26 bits per heavy atom. The smallest absolute Gasteiger partial charge is 0.248 e. The molecule has 1 amide bonds. The van der Waals surface area contributed by atoms with Crippen LogP contribution in [0.5, 0.6) is 0 Å². The molecule has 0 bridgehead atoms. The molecule has 6 heteroatoms. The Hall–Kier alpha value is -2.34. The van der Waals surface area contributed by atoms with Crippen LogP contribution in [0.3, 0.4) is 0 Å². The fourth-order valence-corrected chi connectivity index (χ4v) is 3.00. The number of aliphatic hydroxyl groups excluding tert-OH is 1. The summed E-state index contributed by atoms with van der Waals surface area (Å²) < 4.78 is 13.1. The summed E-state index contributed by atoms with van der Waals surface area (Å²) in [6, 6.07) is 6.16. The van der Waals surface area contributed by atoms with Gasteiger partial charge in [0.05, 0.1) is 11.4 Å². The van der Waals surface area contributed by atoms with Gasteiger partial charge in [-0.05, 0) is 37.1 Å². The maximum absolute atomic E-state index is 13.1. The Morgan fingerprint density at radius 2 is 2.00 bits per heavy atom. The van der Waals surface area contributed by atoms with E-state index in [1.807, 2.05) is 0 Å². The van der Waals surface area contributed by atoms with Gasteiger partial charge in [0.15, 0.2) is 0 Å². The molecular formula is C17H18FN3O2. The maximum atomic E-state index is 13.1. The summed E-state index contributed by atoms with van der Waals surface area (Å²) in [6.45, 7) is 0.701. The fourth-order valence-electron chi connectivity index (χ4n) is 3.00. The van der Waals surface area contributed by atoms with E-state index < -0.39 is 6.61 Å². The average molecular weight is 315 g/mol. The van der Waals surface area contributed by atoms with Gasteiger partial charge in [0.1, 0.15) is 12.4 Å². The third-order valence-corrected chi connectivity index (χ3v) is 4.14. The summed E-state index contributed by atoms with van der Waals surface area (Å²) in [4.78, 5) is 22.3. The number of likely N-dealkylation sites (tertiary alicyclic amines) is 1. The maximum Gasteiger partial charge on any atom is 0.248 e. The van der Waals surface area contributed by atoms with E-state index >= 15 is 0 Å². The van der Waals surface area contributed by atoms with Crippen molar-refractivity contribution >= 4 is 5.91 Å². The minimum absolute atomic E-state index is 0.0630. The lowest BCUT2D eigenvalue weighted by atomic mass is 9.91. The molecule has 120 valence electrons. The molecule has 1 aromatic carbocycles. The van der Waals surface area contributed by atoms with Crippen LogP contribution in [0.2, 0.25) is 0 Å². The van der Waals surface area contributed by atoms with E-state index in [1.54, 1.807) is 29.4 Å².